The van der Waals surface area contributed by atoms with Gasteiger partial charge in [0.15, 0.2) is 5.65 Å². The summed E-state index contributed by atoms with van der Waals surface area (Å²) < 4.78 is 7.46. The highest BCUT2D eigenvalue weighted by Gasteiger charge is 2.12. The zero-order valence-electron chi connectivity index (χ0n) is 17.0. The van der Waals surface area contributed by atoms with E-state index in [1.54, 1.807) is 18.3 Å². The Balaban J connectivity index is 1.40. The number of nitrogens with zero attached hydrogens (tertiary/aromatic N) is 3. The average Bonchev–Trinajstić information content (AvgIpc) is 3.31. The number of hydrogen-bond acceptors (Lipinski definition) is 5. The van der Waals surface area contributed by atoms with Crippen LogP contribution >= 0.6 is 0 Å². The van der Waals surface area contributed by atoms with Crippen LogP contribution in [0.15, 0.2) is 73.1 Å². The van der Waals surface area contributed by atoms with Crippen LogP contribution in [0, 0.1) is 0 Å². The van der Waals surface area contributed by atoms with Crippen molar-refractivity contribution in [3.05, 3.63) is 78.6 Å². The number of primary amides is 1. The molecule has 1 fully saturated rings. The molecule has 31 heavy (non-hydrogen) atoms. The zero-order valence-corrected chi connectivity index (χ0v) is 17.0. The van der Waals surface area contributed by atoms with E-state index in [0.717, 1.165) is 54.6 Å². The van der Waals surface area contributed by atoms with Gasteiger partial charge >= 0.3 is 0 Å². The van der Waals surface area contributed by atoms with E-state index in [9.17, 15) is 4.79 Å². The second-order valence-corrected chi connectivity index (χ2v) is 7.47. The van der Waals surface area contributed by atoms with E-state index in [4.69, 9.17) is 10.5 Å². The molecule has 0 bridgehead atoms. The molecule has 0 atom stereocenters. The number of rotatable bonds is 5. The molecule has 1 amide bonds. The lowest BCUT2D eigenvalue weighted by molar-refractivity contribution is 0.100. The fraction of sp³-hybridized carbons (Fsp3) is 0.167. The summed E-state index contributed by atoms with van der Waals surface area (Å²) in [5.41, 5.74) is 11.8. The third-order valence-corrected chi connectivity index (χ3v) is 5.54. The number of benzene rings is 2. The predicted octanol–water partition coefficient (Wildman–Crippen LogP) is 3.68. The van der Waals surface area contributed by atoms with Crippen LogP contribution in [0.1, 0.15) is 10.4 Å². The molecule has 0 radical (unpaired) electrons. The first kappa shape index (κ1) is 19.1. The molecule has 4 aromatic rings. The maximum atomic E-state index is 11.3. The van der Waals surface area contributed by atoms with E-state index in [-0.39, 0.29) is 0 Å². The Kier molecular flexibility index (Phi) is 5.01. The van der Waals surface area contributed by atoms with Gasteiger partial charge in [0, 0.05) is 42.4 Å². The number of fused-ring (bicyclic) bond motifs is 1. The molecule has 7 nitrogen and oxygen atoms in total. The highest BCUT2D eigenvalue weighted by Crippen LogP contribution is 2.28. The van der Waals surface area contributed by atoms with Crippen molar-refractivity contribution in [3.8, 4) is 11.3 Å². The Bertz CT molecular complexity index is 1210. The number of carbonyl (C=O) groups is 1. The summed E-state index contributed by atoms with van der Waals surface area (Å²) in [6.07, 6.45) is 3.71. The van der Waals surface area contributed by atoms with Gasteiger partial charge in [-0.15, -0.1) is 0 Å². The second kappa shape index (κ2) is 8.12. The monoisotopic (exact) mass is 413 g/mol. The number of amides is 1. The molecular weight excluding hydrogens is 390 g/mol. The standard InChI is InChI=1S/C24H23N5O2/c25-23(30)18-3-1-17(2-4-18)22-10-9-21(24-26-11-12-29(22)24)27-19-5-7-20(8-6-19)28-13-15-31-16-14-28/h1-12,27H,13-16H2,(H2,25,30). The molecule has 3 heterocycles. The van der Waals surface area contributed by atoms with E-state index in [2.05, 4.69) is 39.5 Å². The molecule has 1 aliphatic heterocycles. The first-order valence-electron chi connectivity index (χ1n) is 10.3. The summed E-state index contributed by atoms with van der Waals surface area (Å²) in [6, 6.07) is 19.8. The first-order valence-corrected chi connectivity index (χ1v) is 10.3. The van der Waals surface area contributed by atoms with Crippen molar-refractivity contribution in [2.24, 2.45) is 5.73 Å². The molecular formula is C24H23N5O2. The SMILES string of the molecule is NC(=O)c1ccc(-c2ccc(Nc3ccc(N4CCOCC4)cc3)c3nccn23)cc1. The molecule has 3 N–H and O–H groups in total. The lowest BCUT2D eigenvalue weighted by atomic mass is 10.1. The molecule has 1 aliphatic rings. The van der Waals surface area contributed by atoms with Crippen LogP contribution in [0.2, 0.25) is 0 Å². The minimum Gasteiger partial charge on any atom is -0.378 e. The minimum atomic E-state index is -0.432. The van der Waals surface area contributed by atoms with Crippen LogP contribution in [0.3, 0.4) is 0 Å². The number of carbonyl (C=O) groups excluding carboxylic acids is 1. The Morgan fingerprint density at radius 1 is 0.968 bits per heavy atom. The summed E-state index contributed by atoms with van der Waals surface area (Å²) in [6.45, 7) is 3.39. The molecule has 2 aromatic carbocycles. The van der Waals surface area contributed by atoms with Crippen LogP contribution in [0.25, 0.3) is 16.9 Å². The number of hydrogen-bond donors (Lipinski definition) is 2. The maximum Gasteiger partial charge on any atom is 0.248 e. The van der Waals surface area contributed by atoms with E-state index in [0.29, 0.717) is 5.56 Å². The van der Waals surface area contributed by atoms with E-state index in [1.807, 2.05) is 34.9 Å². The van der Waals surface area contributed by atoms with Gasteiger partial charge in [0.05, 0.1) is 24.6 Å². The van der Waals surface area contributed by atoms with Gasteiger partial charge in [-0.25, -0.2) is 4.98 Å². The molecule has 1 saturated heterocycles. The van der Waals surface area contributed by atoms with Crippen LogP contribution in [0.4, 0.5) is 17.1 Å². The van der Waals surface area contributed by atoms with Gasteiger partial charge in [-0.05, 0) is 54.1 Å². The topological polar surface area (TPSA) is 84.9 Å². The van der Waals surface area contributed by atoms with E-state index < -0.39 is 5.91 Å². The average molecular weight is 413 g/mol. The summed E-state index contributed by atoms with van der Waals surface area (Å²) in [5, 5.41) is 3.48. The summed E-state index contributed by atoms with van der Waals surface area (Å²) >= 11 is 0. The van der Waals surface area contributed by atoms with Gasteiger partial charge < -0.3 is 20.7 Å². The minimum absolute atomic E-state index is 0.432. The smallest absolute Gasteiger partial charge is 0.248 e. The predicted molar refractivity (Wildman–Crippen MR) is 122 cm³/mol. The maximum absolute atomic E-state index is 11.3. The van der Waals surface area contributed by atoms with Crippen LogP contribution in [-0.4, -0.2) is 41.6 Å². The summed E-state index contributed by atoms with van der Waals surface area (Å²) in [7, 11) is 0. The number of nitrogens with one attached hydrogen (secondary N) is 1. The van der Waals surface area contributed by atoms with Gasteiger partial charge in [-0.3, -0.25) is 9.20 Å². The fourth-order valence-corrected chi connectivity index (χ4v) is 3.88. The second-order valence-electron chi connectivity index (χ2n) is 7.47. The van der Waals surface area contributed by atoms with Gasteiger partial charge in [-0.1, -0.05) is 12.1 Å². The Morgan fingerprint density at radius 3 is 2.42 bits per heavy atom. The van der Waals surface area contributed by atoms with E-state index in [1.165, 1.54) is 5.69 Å². The van der Waals surface area contributed by atoms with Crippen molar-refractivity contribution in [2.45, 2.75) is 0 Å². The van der Waals surface area contributed by atoms with Gasteiger partial charge in [0.25, 0.3) is 0 Å². The normalized spacial score (nSPS) is 14.0. The van der Waals surface area contributed by atoms with Gasteiger partial charge in [0.2, 0.25) is 5.91 Å². The van der Waals surface area contributed by atoms with Crippen molar-refractivity contribution in [3.63, 3.8) is 0 Å². The molecule has 0 unspecified atom stereocenters. The number of ether oxygens (including phenoxy) is 1. The third kappa shape index (κ3) is 3.83. The molecule has 7 heteroatoms. The summed E-state index contributed by atoms with van der Waals surface area (Å²) in [5.74, 6) is -0.432. The molecule has 0 aliphatic carbocycles. The zero-order chi connectivity index (χ0) is 21.2. The van der Waals surface area contributed by atoms with Crippen LogP contribution in [-0.2, 0) is 4.74 Å². The Labute approximate surface area is 180 Å². The van der Waals surface area contributed by atoms with Crippen LogP contribution < -0.4 is 16.0 Å². The van der Waals surface area contributed by atoms with Crippen molar-refractivity contribution in [1.29, 1.82) is 0 Å². The quantitative estimate of drug-likeness (QED) is 0.521. The Hall–Kier alpha value is -3.84. The van der Waals surface area contributed by atoms with E-state index >= 15 is 0 Å². The first-order chi connectivity index (χ1) is 15.2. The van der Waals surface area contributed by atoms with Crippen molar-refractivity contribution < 1.29 is 9.53 Å². The van der Waals surface area contributed by atoms with Crippen molar-refractivity contribution in [2.75, 3.05) is 36.5 Å². The number of aromatic nitrogens is 2. The number of pyridine rings is 1. The van der Waals surface area contributed by atoms with Crippen LogP contribution in [0.5, 0.6) is 0 Å². The lowest BCUT2D eigenvalue weighted by Gasteiger charge is -2.29. The largest absolute Gasteiger partial charge is 0.378 e. The van der Waals surface area contributed by atoms with Gasteiger partial charge in [0.1, 0.15) is 0 Å². The number of imidazole rings is 1. The van der Waals surface area contributed by atoms with Gasteiger partial charge in [-0.2, -0.15) is 0 Å². The lowest BCUT2D eigenvalue weighted by Crippen LogP contribution is -2.36. The third-order valence-electron chi connectivity index (χ3n) is 5.54. The molecule has 0 saturated carbocycles. The number of nitrogens with two attached hydrogens (primary N) is 1. The highest BCUT2D eigenvalue weighted by atomic mass is 16.5. The molecule has 0 spiro atoms. The number of morpholine rings is 1. The fourth-order valence-electron chi connectivity index (χ4n) is 3.88. The number of anilines is 3. The summed E-state index contributed by atoms with van der Waals surface area (Å²) in [4.78, 5) is 18.2. The molecule has 5 rings (SSSR count). The van der Waals surface area contributed by atoms with Crippen molar-refractivity contribution in [1.82, 2.24) is 9.38 Å². The van der Waals surface area contributed by atoms with Crippen molar-refractivity contribution >= 4 is 28.6 Å². The Morgan fingerprint density at radius 2 is 1.71 bits per heavy atom. The molecule has 2 aromatic heterocycles. The molecule has 156 valence electrons. The highest BCUT2D eigenvalue weighted by molar-refractivity contribution is 5.93.